The molecule has 0 unspecified atom stereocenters. The highest BCUT2D eigenvalue weighted by Gasteiger charge is 2.12. The minimum atomic E-state index is -0.939. The number of carbonyl (C=O) groups is 1. The van der Waals surface area contributed by atoms with Crippen LogP contribution in [0.15, 0.2) is 36.7 Å². The van der Waals surface area contributed by atoms with E-state index in [0.717, 1.165) is 17.7 Å². The maximum Gasteiger partial charge on any atom is 0.337 e. The van der Waals surface area contributed by atoms with Crippen molar-refractivity contribution in [3.05, 3.63) is 42.2 Å². The molecule has 18 heavy (non-hydrogen) atoms. The van der Waals surface area contributed by atoms with E-state index in [4.69, 9.17) is 9.84 Å². The number of H-pyrrole nitrogens is 1. The van der Waals surface area contributed by atoms with Gasteiger partial charge in [-0.1, -0.05) is 19.1 Å². The topological polar surface area (TPSA) is 62.3 Å². The third kappa shape index (κ3) is 2.53. The van der Waals surface area contributed by atoms with E-state index in [1.54, 1.807) is 6.20 Å². The van der Waals surface area contributed by atoms with Crippen molar-refractivity contribution in [2.45, 2.75) is 13.3 Å². The minimum Gasteiger partial charge on any atom is -0.494 e. The number of hydrogen-bond acceptors (Lipinski definition) is 2. The Morgan fingerprint density at radius 3 is 2.94 bits per heavy atom. The molecule has 4 nitrogen and oxygen atoms in total. The van der Waals surface area contributed by atoms with Crippen LogP contribution in [0.4, 0.5) is 0 Å². The number of aromatic nitrogens is 1. The van der Waals surface area contributed by atoms with Crippen LogP contribution in [-0.4, -0.2) is 22.7 Å². The average molecular weight is 245 g/mol. The summed E-state index contributed by atoms with van der Waals surface area (Å²) in [6.07, 6.45) is 4.11. The van der Waals surface area contributed by atoms with Crippen LogP contribution in [0.25, 0.3) is 11.1 Å². The summed E-state index contributed by atoms with van der Waals surface area (Å²) < 4.78 is 5.54. The molecule has 2 rings (SSSR count). The van der Waals surface area contributed by atoms with Crippen molar-refractivity contribution in [2.75, 3.05) is 6.61 Å². The highest BCUT2D eigenvalue weighted by atomic mass is 16.5. The zero-order chi connectivity index (χ0) is 13.0. The van der Waals surface area contributed by atoms with Crippen molar-refractivity contribution in [3.63, 3.8) is 0 Å². The van der Waals surface area contributed by atoms with Crippen molar-refractivity contribution < 1.29 is 14.6 Å². The lowest BCUT2D eigenvalue weighted by Gasteiger charge is -2.06. The van der Waals surface area contributed by atoms with Crippen molar-refractivity contribution in [2.24, 2.45) is 0 Å². The molecule has 0 aliphatic rings. The Balaban J connectivity index is 2.32. The third-order valence-corrected chi connectivity index (χ3v) is 2.59. The van der Waals surface area contributed by atoms with Gasteiger partial charge in [-0.05, 0) is 24.1 Å². The summed E-state index contributed by atoms with van der Waals surface area (Å²) in [5.41, 5.74) is 1.77. The van der Waals surface area contributed by atoms with Crippen LogP contribution in [0.5, 0.6) is 5.75 Å². The van der Waals surface area contributed by atoms with Crippen LogP contribution in [-0.2, 0) is 0 Å². The maximum absolute atomic E-state index is 11.1. The molecular weight excluding hydrogens is 230 g/mol. The molecule has 0 aliphatic heterocycles. The molecule has 0 spiro atoms. The van der Waals surface area contributed by atoms with E-state index in [2.05, 4.69) is 4.98 Å². The van der Waals surface area contributed by atoms with E-state index in [1.807, 2.05) is 31.2 Å². The normalized spacial score (nSPS) is 10.3. The lowest BCUT2D eigenvalue weighted by atomic mass is 10.0. The fraction of sp³-hybridized carbons (Fsp3) is 0.214. The van der Waals surface area contributed by atoms with E-state index in [1.165, 1.54) is 6.20 Å². The number of carboxylic acid groups (broad SMARTS) is 1. The van der Waals surface area contributed by atoms with Crippen LogP contribution < -0.4 is 4.74 Å². The Kier molecular flexibility index (Phi) is 3.67. The van der Waals surface area contributed by atoms with Crippen LogP contribution in [0.2, 0.25) is 0 Å². The lowest BCUT2D eigenvalue weighted by Crippen LogP contribution is -1.97. The van der Waals surface area contributed by atoms with Gasteiger partial charge in [-0.15, -0.1) is 0 Å². The molecule has 94 valence electrons. The Morgan fingerprint density at radius 1 is 1.39 bits per heavy atom. The van der Waals surface area contributed by atoms with Gasteiger partial charge in [0.25, 0.3) is 0 Å². The van der Waals surface area contributed by atoms with Gasteiger partial charge < -0.3 is 14.8 Å². The fourth-order valence-corrected chi connectivity index (χ4v) is 1.75. The van der Waals surface area contributed by atoms with Gasteiger partial charge in [0.2, 0.25) is 0 Å². The lowest BCUT2D eigenvalue weighted by molar-refractivity contribution is 0.0698. The molecule has 0 radical (unpaired) electrons. The van der Waals surface area contributed by atoms with Crippen LogP contribution in [0, 0.1) is 0 Å². The van der Waals surface area contributed by atoms with Gasteiger partial charge in [0, 0.05) is 18.0 Å². The largest absolute Gasteiger partial charge is 0.494 e. The summed E-state index contributed by atoms with van der Waals surface area (Å²) in [5, 5.41) is 9.08. The molecule has 0 saturated heterocycles. The summed E-state index contributed by atoms with van der Waals surface area (Å²) in [6, 6.07) is 7.45. The summed E-state index contributed by atoms with van der Waals surface area (Å²) in [5.74, 6) is -0.182. The summed E-state index contributed by atoms with van der Waals surface area (Å²) in [7, 11) is 0. The molecule has 0 fully saturated rings. The van der Waals surface area contributed by atoms with Gasteiger partial charge >= 0.3 is 5.97 Å². The zero-order valence-corrected chi connectivity index (χ0v) is 10.1. The van der Waals surface area contributed by atoms with Crippen molar-refractivity contribution in [3.8, 4) is 16.9 Å². The first kappa shape index (κ1) is 12.2. The number of aromatic amines is 1. The molecule has 1 heterocycles. The monoisotopic (exact) mass is 245 g/mol. The van der Waals surface area contributed by atoms with Crippen molar-refractivity contribution >= 4 is 5.97 Å². The Bertz CT molecular complexity index is 545. The van der Waals surface area contributed by atoms with E-state index in [0.29, 0.717) is 12.2 Å². The van der Waals surface area contributed by atoms with Crippen LogP contribution in [0.1, 0.15) is 23.7 Å². The van der Waals surface area contributed by atoms with Crippen LogP contribution >= 0.6 is 0 Å². The highest BCUT2D eigenvalue weighted by molar-refractivity contribution is 5.95. The second kappa shape index (κ2) is 5.40. The number of ether oxygens (including phenoxy) is 1. The summed E-state index contributed by atoms with van der Waals surface area (Å²) >= 11 is 0. The van der Waals surface area contributed by atoms with Crippen LogP contribution in [0.3, 0.4) is 0 Å². The number of aromatic carboxylic acids is 1. The molecule has 4 heteroatoms. The first-order valence-corrected chi connectivity index (χ1v) is 5.85. The SMILES string of the molecule is CCCOc1cccc(-c2c[nH]cc2C(=O)O)c1. The molecular formula is C14H15NO3. The molecule has 0 saturated carbocycles. The smallest absolute Gasteiger partial charge is 0.337 e. The average Bonchev–Trinajstić information content (AvgIpc) is 2.86. The van der Waals surface area contributed by atoms with E-state index in [-0.39, 0.29) is 5.56 Å². The summed E-state index contributed by atoms with van der Waals surface area (Å²) in [6.45, 7) is 2.70. The second-order valence-corrected chi connectivity index (χ2v) is 3.96. The molecule has 0 amide bonds. The number of nitrogens with one attached hydrogen (secondary N) is 1. The molecule has 0 atom stereocenters. The number of rotatable bonds is 5. The number of hydrogen-bond donors (Lipinski definition) is 2. The zero-order valence-electron chi connectivity index (χ0n) is 10.1. The predicted octanol–water partition coefficient (Wildman–Crippen LogP) is 3.17. The minimum absolute atomic E-state index is 0.266. The van der Waals surface area contributed by atoms with Crippen molar-refractivity contribution in [1.82, 2.24) is 4.98 Å². The standard InChI is InChI=1S/C14H15NO3/c1-2-6-18-11-5-3-4-10(7-11)12-8-15-9-13(12)14(16)17/h3-5,7-9,15H,2,6H2,1H3,(H,16,17). The van der Waals surface area contributed by atoms with E-state index >= 15 is 0 Å². The van der Waals surface area contributed by atoms with Gasteiger partial charge in [0.05, 0.1) is 12.2 Å². The molecule has 2 N–H and O–H groups in total. The van der Waals surface area contributed by atoms with Gasteiger partial charge in [-0.3, -0.25) is 0 Å². The van der Waals surface area contributed by atoms with Crippen molar-refractivity contribution in [1.29, 1.82) is 0 Å². The Labute approximate surface area is 105 Å². The first-order valence-electron chi connectivity index (χ1n) is 5.85. The molecule has 0 aliphatic carbocycles. The molecule has 0 bridgehead atoms. The van der Waals surface area contributed by atoms with Gasteiger partial charge in [-0.2, -0.15) is 0 Å². The van der Waals surface area contributed by atoms with Gasteiger partial charge in [-0.25, -0.2) is 4.79 Å². The Morgan fingerprint density at radius 2 is 2.22 bits per heavy atom. The van der Waals surface area contributed by atoms with Gasteiger partial charge in [0.1, 0.15) is 5.75 Å². The van der Waals surface area contributed by atoms with Gasteiger partial charge in [0.15, 0.2) is 0 Å². The first-order chi connectivity index (χ1) is 8.72. The van der Waals surface area contributed by atoms with E-state index in [9.17, 15) is 4.79 Å². The maximum atomic E-state index is 11.1. The summed E-state index contributed by atoms with van der Waals surface area (Å²) in [4.78, 5) is 13.9. The molecule has 1 aromatic heterocycles. The number of benzene rings is 1. The number of carboxylic acids is 1. The van der Waals surface area contributed by atoms with E-state index < -0.39 is 5.97 Å². The fourth-order valence-electron chi connectivity index (χ4n) is 1.75. The second-order valence-electron chi connectivity index (χ2n) is 3.96. The molecule has 1 aromatic carbocycles. The predicted molar refractivity (Wildman–Crippen MR) is 69.0 cm³/mol. The Hall–Kier alpha value is -2.23. The highest BCUT2D eigenvalue weighted by Crippen LogP contribution is 2.27. The quantitative estimate of drug-likeness (QED) is 0.850. The molecule has 2 aromatic rings. The third-order valence-electron chi connectivity index (χ3n) is 2.59.